The van der Waals surface area contributed by atoms with Gasteiger partial charge in [-0.2, -0.15) is 0 Å². The van der Waals surface area contributed by atoms with Gasteiger partial charge >= 0.3 is 0 Å². The van der Waals surface area contributed by atoms with Gasteiger partial charge in [0.1, 0.15) is 0 Å². The molecule has 0 bridgehead atoms. The first-order valence-corrected chi connectivity index (χ1v) is 2.67. The maximum atomic E-state index is 5.44. The average molecular weight is 124 g/mol. The number of rotatable bonds is 3. The zero-order valence-corrected chi connectivity index (χ0v) is 5.38. The Bertz CT molecular complexity index is 136. The second kappa shape index (κ2) is 3.92. The van der Waals surface area contributed by atoms with Gasteiger partial charge in [-0.05, 0) is 0 Å². The molecule has 4 N–H and O–H groups in total. The van der Waals surface area contributed by atoms with Crippen LogP contribution < -0.4 is 11.5 Å². The molecule has 1 atom stereocenters. The zero-order chi connectivity index (χ0) is 7.28. The number of allylic oxidation sites excluding steroid dienone is 2. The van der Waals surface area contributed by atoms with Gasteiger partial charge < -0.3 is 11.5 Å². The average Bonchev–Trinajstić information content (AvgIpc) is 1.82. The normalized spacial score (nSPS) is 13.4. The van der Waals surface area contributed by atoms with Crippen LogP contribution in [0.5, 0.6) is 0 Å². The van der Waals surface area contributed by atoms with E-state index in [1.807, 2.05) is 0 Å². The summed E-state index contributed by atoms with van der Waals surface area (Å²) in [7, 11) is 0. The summed E-state index contributed by atoms with van der Waals surface area (Å²) in [6, 6.07) is -0.247. The highest BCUT2D eigenvalue weighted by molar-refractivity contribution is 5.13. The fourth-order valence-corrected chi connectivity index (χ4v) is 0.322. The molecule has 9 heavy (non-hydrogen) atoms. The minimum absolute atomic E-state index is 0.247. The predicted octanol–water partition coefficient (Wildman–Crippen LogP) is 0.528. The van der Waals surface area contributed by atoms with Crippen molar-refractivity contribution in [1.29, 1.82) is 0 Å². The Balaban J connectivity index is 3.75. The standard InChI is InChI=1S/C7H12N2/c1-3-4-5-7(9)6(2)8/h3-5,7H,1-2,8-9H2/b5-4-. The molecule has 0 saturated carbocycles. The Morgan fingerprint density at radius 2 is 2.11 bits per heavy atom. The van der Waals surface area contributed by atoms with Crippen LogP contribution in [-0.4, -0.2) is 6.04 Å². The fraction of sp³-hybridized carbons (Fsp3) is 0.143. The summed E-state index contributed by atoms with van der Waals surface area (Å²) in [5, 5.41) is 0. The van der Waals surface area contributed by atoms with E-state index in [-0.39, 0.29) is 6.04 Å². The summed E-state index contributed by atoms with van der Waals surface area (Å²) < 4.78 is 0. The van der Waals surface area contributed by atoms with Gasteiger partial charge in [-0.1, -0.05) is 31.4 Å². The highest BCUT2D eigenvalue weighted by Crippen LogP contribution is 1.88. The molecule has 2 nitrogen and oxygen atoms in total. The molecule has 1 unspecified atom stereocenters. The molecule has 0 aromatic heterocycles. The quantitative estimate of drug-likeness (QED) is 0.539. The molecule has 0 spiro atoms. The van der Waals surface area contributed by atoms with Crippen LogP contribution in [0.15, 0.2) is 37.1 Å². The molecule has 0 rings (SSSR count). The molecule has 0 aliphatic carbocycles. The SMILES string of the molecule is C=C/C=C\C(N)C(=C)N. The van der Waals surface area contributed by atoms with Crippen molar-refractivity contribution in [2.45, 2.75) is 6.04 Å². The summed E-state index contributed by atoms with van der Waals surface area (Å²) in [6.45, 7) is 6.95. The van der Waals surface area contributed by atoms with Crippen LogP contribution in [0, 0.1) is 0 Å². The topological polar surface area (TPSA) is 52.0 Å². The maximum absolute atomic E-state index is 5.44. The molecule has 0 aromatic rings. The minimum atomic E-state index is -0.247. The third kappa shape index (κ3) is 3.55. The van der Waals surface area contributed by atoms with Crippen molar-refractivity contribution < 1.29 is 0 Å². The van der Waals surface area contributed by atoms with Crippen molar-refractivity contribution in [3.05, 3.63) is 37.1 Å². The largest absolute Gasteiger partial charge is 0.401 e. The third-order valence-corrected chi connectivity index (χ3v) is 0.883. The van der Waals surface area contributed by atoms with Crippen molar-refractivity contribution in [1.82, 2.24) is 0 Å². The van der Waals surface area contributed by atoms with E-state index in [4.69, 9.17) is 11.5 Å². The van der Waals surface area contributed by atoms with Crippen LogP contribution in [-0.2, 0) is 0 Å². The van der Waals surface area contributed by atoms with E-state index in [0.29, 0.717) is 5.70 Å². The number of nitrogens with two attached hydrogens (primary N) is 2. The van der Waals surface area contributed by atoms with Crippen molar-refractivity contribution >= 4 is 0 Å². The third-order valence-electron chi connectivity index (χ3n) is 0.883. The second-order valence-corrected chi connectivity index (χ2v) is 1.72. The van der Waals surface area contributed by atoms with E-state index >= 15 is 0 Å². The Labute approximate surface area is 55.5 Å². The Kier molecular flexibility index (Phi) is 3.48. The van der Waals surface area contributed by atoms with Gasteiger partial charge in [0.25, 0.3) is 0 Å². The van der Waals surface area contributed by atoms with Crippen LogP contribution in [0.2, 0.25) is 0 Å². The van der Waals surface area contributed by atoms with E-state index in [9.17, 15) is 0 Å². The molecule has 50 valence electrons. The van der Waals surface area contributed by atoms with E-state index in [0.717, 1.165) is 0 Å². The highest BCUT2D eigenvalue weighted by Gasteiger charge is 1.93. The van der Waals surface area contributed by atoms with E-state index in [2.05, 4.69) is 13.2 Å². The van der Waals surface area contributed by atoms with Gasteiger partial charge in [0.2, 0.25) is 0 Å². The summed E-state index contributed by atoms with van der Waals surface area (Å²) in [4.78, 5) is 0. The van der Waals surface area contributed by atoms with Crippen molar-refractivity contribution in [3.63, 3.8) is 0 Å². The Morgan fingerprint density at radius 1 is 1.56 bits per heavy atom. The maximum Gasteiger partial charge on any atom is 0.0625 e. The predicted molar refractivity (Wildman–Crippen MR) is 40.6 cm³/mol. The van der Waals surface area contributed by atoms with Gasteiger partial charge in [0.05, 0.1) is 6.04 Å². The number of hydrogen-bond acceptors (Lipinski definition) is 2. The van der Waals surface area contributed by atoms with Crippen LogP contribution in [0.4, 0.5) is 0 Å². The lowest BCUT2D eigenvalue weighted by Crippen LogP contribution is -2.23. The lowest BCUT2D eigenvalue weighted by atomic mass is 10.2. The lowest BCUT2D eigenvalue weighted by Gasteiger charge is -2.02. The van der Waals surface area contributed by atoms with Crippen LogP contribution in [0.3, 0.4) is 0 Å². The van der Waals surface area contributed by atoms with Crippen molar-refractivity contribution in [3.8, 4) is 0 Å². The molecule has 0 amide bonds. The molecular formula is C7H12N2. The second-order valence-electron chi connectivity index (χ2n) is 1.72. The number of hydrogen-bond donors (Lipinski definition) is 2. The van der Waals surface area contributed by atoms with Crippen LogP contribution >= 0.6 is 0 Å². The first-order valence-electron chi connectivity index (χ1n) is 2.67. The van der Waals surface area contributed by atoms with Gasteiger partial charge in [0, 0.05) is 5.70 Å². The molecule has 0 aliphatic rings. The van der Waals surface area contributed by atoms with E-state index in [1.54, 1.807) is 18.2 Å². The van der Waals surface area contributed by atoms with Gasteiger partial charge in [0.15, 0.2) is 0 Å². The van der Waals surface area contributed by atoms with Crippen molar-refractivity contribution in [2.24, 2.45) is 11.5 Å². The van der Waals surface area contributed by atoms with Gasteiger partial charge in [-0.15, -0.1) is 0 Å². The molecular weight excluding hydrogens is 112 g/mol. The molecule has 0 aliphatic heterocycles. The summed E-state index contributed by atoms with van der Waals surface area (Å²) in [6.07, 6.45) is 5.11. The monoisotopic (exact) mass is 124 g/mol. The molecule has 0 saturated heterocycles. The highest BCUT2D eigenvalue weighted by atomic mass is 14.7. The van der Waals surface area contributed by atoms with Crippen LogP contribution in [0.25, 0.3) is 0 Å². The Morgan fingerprint density at radius 3 is 2.44 bits per heavy atom. The summed E-state index contributed by atoms with van der Waals surface area (Å²) >= 11 is 0. The smallest absolute Gasteiger partial charge is 0.0625 e. The first-order chi connectivity index (χ1) is 4.18. The van der Waals surface area contributed by atoms with E-state index < -0.39 is 0 Å². The van der Waals surface area contributed by atoms with Crippen LogP contribution in [0.1, 0.15) is 0 Å². The van der Waals surface area contributed by atoms with Crippen molar-refractivity contribution in [2.75, 3.05) is 0 Å². The first kappa shape index (κ1) is 7.98. The zero-order valence-electron chi connectivity index (χ0n) is 5.38. The molecule has 0 aromatic carbocycles. The van der Waals surface area contributed by atoms with Gasteiger partial charge in [-0.25, -0.2) is 0 Å². The molecule has 0 fully saturated rings. The molecule has 0 radical (unpaired) electrons. The Hall–Kier alpha value is -1.02. The molecule has 0 heterocycles. The summed E-state index contributed by atoms with van der Waals surface area (Å²) in [5.41, 5.74) is 11.2. The minimum Gasteiger partial charge on any atom is -0.401 e. The lowest BCUT2D eigenvalue weighted by molar-refractivity contribution is 0.937. The van der Waals surface area contributed by atoms with E-state index in [1.165, 1.54) is 0 Å². The fourth-order valence-electron chi connectivity index (χ4n) is 0.322. The van der Waals surface area contributed by atoms with Gasteiger partial charge in [-0.3, -0.25) is 0 Å². The molecule has 2 heteroatoms. The summed E-state index contributed by atoms with van der Waals surface area (Å²) in [5.74, 6) is 0.